The molecule has 0 spiro atoms. The maximum absolute atomic E-state index is 12.0. The van der Waals surface area contributed by atoms with Gasteiger partial charge in [0.15, 0.2) is 5.78 Å². The standard InChI is InChI=1S/C14H17N5O2/c1-14(17-18-14)12-6-4-11(5-7-12)13(20)3-2-9-21-10-8-16-19-15/h4-7H,2-3,8-10H2,1H3. The van der Waals surface area contributed by atoms with Crippen LogP contribution in [0.2, 0.25) is 0 Å². The predicted octanol–water partition coefficient (Wildman–Crippen LogP) is 3.61. The van der Waals surface area contributed by atoms with Crippen molar-refractivity contribution in [3.05, 3.63) is 45.8 Å². The van der Waals surface area contributed by atoms with E-state index in [9.17, 15) is 4.79 Å². The fourth-order valence-electron chi connectivity index (χ4n) is 1.89. The highest BCUT2D eigenvalue weighted by Gasteiger charge is 2.35. The van der Waals surface area contributed by atoms with Crippen molar-refractivity contribution in [3.63, 3.8) is 0 Å². The third-order valence-electron chi connectivity index (χ3n) is 3.25. The Bertz CT molecular complexity index is 570. The fourth-order valence-corrected chi connectivity index (χ4v) is 1.89. The topological polar surface area (TPSA) is 99.8 Å². The summed E-state index contributed by atoms with van der Waals surface area (Å²) >= 11 is 0. The molecule has 1 aromatic carbocycles. The molecule has 7 heteroatoms. The fraction of sp³-hybridized carbons (Fsp3) is 0.500. The van der Waals surface area contributed by atoms with E-state index in [-0.39, 0.29) is 5.78 Å². The van der Waals surface area contributed by atoms with E-state index >= 15 is 0 Å². The smallest absolute Gasteiger partial charge is 0.213 e. The van der Waals surface area contributed by atoms with Gasteiger partial charge in [0.25, 0.3) is 0 Å². The summed E-state index contributed by atoms with van der Waals surface area (Å²) in [5.74, 6) is 0.0926. The van der Waals surface area contributed by atoms with Gasteiger partial charge in [0.05, 0.1) is 6.61 Å². The summed E-state index contributed by atoms with van der Waals surface area (Å²) in [6.45, 7) is 3.12. The van der Waals surface area contributed by atoms with Crippen molar-refractivity contribution < 1.29 is 9.53 Å². The molecular weight excluding hydrogens is 270 g/mol. The number of hydrogen-bond acceptors (Lipinski definition) is 5. The first-order chi connectivity index (χ1) is 10.2. The molecule has 0 aliphatic carbocycles. The van der Waals surface area contributed by atoms with Gasteiger partial charge in [-0.2, -0.15) is 10.2 Å². The van der Waals surface area contributed by atoms with E-state index in [4.69, 9.17) is 10.3 Å². The lowest BCUT2D eigenvalue weighted by Crippen LogP contribution is -2.06. The van der Waals surface area contributed by atoms with Crippen molar-refractivity contribution in [3.8, 4) is 0 Å². The molecule has 1 heterocycles. The summed E-state index contributed by atoms with van der Waals surface area (Å²) < 4.78 is 5.25. The number of ketones is 1. The summed E-state index contributed by atoms with van der Waals surface area (Å²) in [6, 6.07) is 7.41. The lowest BCUT2D eigenvalue weighted by atomic mass is 10.0. The molecule has 0 saturated heterocycles. The lowest BCUT2D eigenvalue weighted by Gasteiger charge is -2.06. The van der Waals surface area contributed by atoms with Crippen molar-refractivity contribution in [2.75, 3.05) is 19.8 Å². The zero-order valence-electron chi connectivity index (χ0n) is 11.9. The summed E-state index contributed by atoms with van der Waals surface area (Å²) in [5, 5.41) is 11.3. The molecule has 0 N–H and O–H groups in total. The average Bonchev–Trinajstić information content (AvgIpc) is 3.25. The van der Waals surface area contributed by atoms with Gasteiger partial charge in [0.2, 0.25) is 5.66 Å². The molecule has 2 rings (SSSR count). The van der Waals surface area contributed by atoms with Crippen LogP contribution in [0.1, 0.15) is 35.7 Å². The Morgan fingerprint density at radius 2 is 2.05 bits per heavy atom. The molecule has 0 amide bonds. The first-order valence-corrected chi connectivity index (χ1v) is 6.82. The molecule has 0 fully saturated rings. The second-order valence-electron chi connectivity index (χ2n) is 4.89. The minimum atomic E-state index is -0.401. The molecule has 0 radical (unpaired) electrons. The zero-order valence-corrected chi connectivity index (χ0v) is 11.9. The Morgan fingerprint density at radius 1 is 1.33 bits per heavy atom. The van der Waals surface area contributed by atoms with E-state index in [0.717, 1.165) is 5.56 Å². The molecule has 1 aliphatic rings. The number of carbonyl (C=O) groups is 1. The first-order valence-electron chi connectivity index (χ1n) is 6.82. The molecule has 7 nitrogen and oxygen atoms in total. The molecule has 21 heavy (non-hydrogen) atoms. The van der Waals surface area contributed by atoms with E-state index in [1.165, 1.54) is 0 Å². The number of rotatable bonds is 9. The summed E-state index contributed by atoms with van der Waals surface area (Å²) in [4.78, 5) is 14.6. The molecule has 1 aliphatic heterocycles. The van der Waals surface area contributed by atoms with Gasteiger partial charge in [-0.25, -0.2) is 0 Å². The van der Waals surface area contributed by atoms with Crippen molar-refractivity contribution in [1.82, 2.24) is 0 Å². The van der Waals surface area contributed by atoms with E-state index in [2.05, 4.69) is 20.3 Å². The van der Waals surface area contributed by atoms with Crippen LogP contribution >= 0.6 is 0 Å². The largest absolute Gasteiger partial charge is 0.381 e. The van der Waals surface area contributed by atoms with E-state index in [1.54, 1.807) is 0 Å². The summed E-state index contributed by atoms with van der Waals surface area (Å²) in [6.07, 6.45) is 1.09. The Hall–Kier alpha value is -2.24. The van der Waals surface area contributed by atoms with E-state index < -0.39 is 5.66 Å². The molecular formula is C14H17N5O2. The van der Waals surface area contributed by atoms with Crippen LogP contribution in [0.5, 0.6) is 0 Å². The van der Waals surface area contributed by atoms with Gasteiger partial charge < -0.3 is 4.74 Å². The number of nitrogens with zero attached hydrogens (tertiary/aromatic N) is 5. The minimum Gasteiger partial charge on any atom is -0.381 e. The highest BCUT2D eigenvalue weighted by molar-refractivity contribution is 5.96. The van der Waals surface area contributed by atoms with Gasteiger partial charge in [-0.05, 0) is 18.9 Å². The van der Waals surface area contributed by atoms with Crippen LogP contribution in [0.15, 0.2) is 39.6 Å². The predicted molar refractivity (Wildman–Crippen MR) is 77.0 cm³/mol. The second kappa shape index (κ2) is 6.97. The van der Waals surface area contributed by atoms with Crippen LogP contribution in [-0.2, 0) is 10.4 Å². The second-order valence-corrected chi connectivity index (χ2v) is 4.89. The molecule has 1 aromatic rings. The lowest BCUT2D eigenvalue weighted by molar-refractivity contribution is 0.0943. The highest BCUT2D eigenvalue weighted by atomic mass is 16.5. The summed E-state index contributed by atoms with van der Waals surface area (Å²) in [7, 11) is 0. The van der Waals surface area contributed by atoms with Gasteiger partial charge in [0.1, 0.15) is 0 Å². The average molecular weight is 287 g/mol. The molecule has 0 aromatic heterocycles. The van der Waals surface area contributed by atoms with Crippen LogP contribution in [0, 0.1) is 0 Å². The maximum Gasteiger partial charge on any atom is 0.213 e. The van der Waals surface area contributed by atoms with Gasteiger partial charge in [-0.3, -0.25) is 4.79 Å². The Morgan fingerprint density at radius 3 is 2.67 bits per heavy atom. The first kappa shape index (κ1) is 15.2. The maximum atomic E-state index is 12.0. The third-order valence-corrected chi connectivity index (χ3v) is 3.25. The van der Waals surface area contributed by atoms with Crippen molar-refractivity contribution in [2.24, 2.45) is 15.3 Å². The zero-order chi connectivity index (χ0) is 15.1. The van der Waals surface area contributed by atoms with E-state index in [0.29, 0.717) is 38.2 Å². The SMILES string of the molecule is CC1(c2ccc(C(=O)CCCOCCN=[N+]=[N-])cc2)N=N1. The molecule has 0 saturated carbocycles. The molecule has 0 atom stereocenters. The molecule has 110 valence electrons. The summed E-state index contributed by atoms with van der Waals surface area (Å²) in [5.41, 5.74) is 9.38. The van der Waals surface area contributed by atoms with Crippen LogP contribution < -0.4 is 0 Å². The number of benzene rings is 1. The van der Waals surface area contributed by atoms with Gasteiger partial charge >= 0.3 is 0 Å². The minimum absolute atomic E-state index is 0.0926. The number of azide groups is 1. The monoisotopic (exact) mass is 287 g/mol. The van der Waals surface area contributed by atoms with Gasteiger partial charge in [-0.15, -0.1) is 0 Å². The number of ether oxygens (including phenoxy) is 1. The molecule has 0 unspecified atom stereocenters. The Kier molecular flexibility index (Phi) is 5.03. The van der Waals surface area contributed by atoms with Crippen molar-refractivity contribution in [1.29, 1.82) is 0 Å². The quantitative estimate of drug-likeness (QED) is 0.228. The normalized spacial score (nSPS) is 14.5. The van der Waals surface area contributed by atoms with Crippen molar-refractivity contribution in [2.45, 2.75) is 25.4 Å². The van der Waals surface area contributed by atoms with E-state index in [1.807, 2.05) is 31.2 Å². The number of carbonyl (C=O) groups excluding carboxylic acids is 1. The van der Waals surface area contributed by atoms with Crippen LogP contribution in [0.3, 0.4) is 0 Å². The van der Waals surface area contributed by atoms with Gasteiger partial charge in [0, 0.05) is 35.6 Å². The highest BCUT2D eigenvalue weighted by Crippen LogP contribution is 2.38. The number of hydrogen-bond donors (Lipinski definition) is 0. The van der Waals surface area contributed by atoms with Crippen LogP contribution in [0.4, 0.5) is 0 Å². The van der Waals surface area contributed by atoms with Gasteiger partial charge in [-0.1, -0.05) is 29.4 Å². The Balaban J connectivity index is 1.69. The third kappa shape index (κ3) is 4.37. The van der Waals surface area contributed by atoms with Crippen LogP contribution in [0.25, 0.3) is 10.4 Å². The Labute approximate surface area is 122 Å². The number of Topliss-reactive ketones (excluding diaryl/α,β-unsaturated/α-hetero) is 1. The molecule has 0 bridgehead atoms. The van der Waals surface area contributed by atoms with Crippen LogP contribution in [-0.4, -0.2) is 25.5 Å². The van der Waals surface area contributed by atoms with Crippen molar-refractivity contribution >= 4 is 5.78 Å².